The van der Waals surface area contributed by atoms with Crippen LogP contribution in [0.3, 0.4) is 0 Å². The third-order valence-corrected chi connectivity index (χ3v) is 8.36. The van der Waals surface area contributed by atoms with E-state index in [2.05, 4.69) is 9.29 Å². The molecule has 0 bridgehead atoms. The number of esters is 1. The Morgan fingerprint density at radius 3 is 2.32 bits per heavy atom. The van der Waals surface area contributed by atoms with E-state index in [4.69, 9.17) is 14.5 Å². The molecule has 228 valence electrons. The van der Waals surface area contributed by atoms with Gasteiger partial charge in [0.25, 0.3) is 10.0 Å². The second kappa shape index (κ2) is 13.8. The number of benzene rings is 4. The molecule has 0 aliphatic rings. The van der Waals surface area contributed by atoms with E-state index in [0.717, 1.165) is 34.6 Å². The number of imidazole rings is 1. The summed E-state index contributed by atoms with van der Waals surface area (Å²) in [4.78, 5) is 17.0. The Kier molecular flexibility index (Phi) is 9.65. The van der Waals surface area contributed by atoms with Crippen molar-refractivity contribution in [2.45, 2.75) is 57.5 Å². The van der Waals surface area contributed by atoms with Crippen LogP contribution < -0.4 is 9.46 Å². The molecule has 0 saturated heterocycles. The van der Waals surface area contributed by atoms with Crippen molar-refractivity contribution in [1.82, 2.24) is 9.55 Å². The van der Waals surface area contributed by atoms with Crippen LogP contribution in [0.2, 0.25) is 0 Å². The summed E-state index contributed by atoms with van der Waals surface area (Å²) in [5.74, 6) is 0.914. The van der Waals surface area contributed by atoms with Gasteiger partial charge in [0.15, 0.2) is 0 Å². The Balaban J connectivity index is 1.50. The minimum absolute atomic E-state index is 0.130. The zero-order valence-corrected chi connectivity index (χ0v) is 26.0. The lowest BCUT2D eigenvalue weighted by molar-refractivity contribution is -0.147. The van der Waals surface area contributed by atoms with Crippen LogP contribution in [0.4, 0.5) is 5.69 Å². The first kappa shape index (κ1) is 30.8. The van der Waals surface area contributed by atoms with E-state index in [-0.39, 0.29) is 17.0 Å². The highest BCUT2D eigenvalue weighted by molar-refractivity contribution is 7.92. The van der Waals surface area contributed by atoms with E-state index in [9.17, 15) is 13.2 Å². The fourth-order valence-corrected chi connectivity index (χ4v) is 6.13. The van der Waals surface area contributed by atoms with Gasteiger partial charge in [0, 0.05) is 23.7 Å². The van der Waals surface area contributed by atoms with Gasteiger partial charge in [0.05, 0.1) is 34.3 Å². The number of anilines is 1. The van der Waals surface area contributed by atoms with Gasteiger partial charge in [-0.15, -0.1) is 0 Å². The molecule has 5 aromatic rings. The SMILES string of the molecule is Cc1cccc(S(=O)(=O)Nc2cc3nc(-c4ccccc4)n(-c4ccccc4)c3cc2OCCCCCC(=O)OC(C)C)c1. The first-order valence-electron chi connectivity index (χ1n) is 14.8. The lowest BCUT2D eigenvalue weighted by Gasteiger charge is -2.15. The number of carbonyl (C=O) groups is 1. The number of sulfonamides is 1. The molecular weight excluding hydrogens is 574 g/mol. The fraction of sp³-hybridized carbons (Fsp3) is 0.257. The van der Waals surface area contributed by atoms with Crippen molar-refractivity contribution in [2.75, 3.05) is 11.3 Å². The van der Waals surface area contributed by atoms with Crippen molar-refractivity contribution in [1.29, 1.82) is 0 Å². The van der Waals surface area contributed by atoms with Crippen LogP contribution in [0.25, 0.3) is 28.1 Å². The van der Waals surface area contributed by atoms with Crippen LogP contribution in [0, 0.1) is 6.92 Å². The standard InChI is InChI=1S/C35H37N3O5S/c1-25(2)43-34(39)20-11-6-12-21-42-33-24-32-30(23-31(33)37-44(40,41)29-19-13-14-26(3)22-29)36-35(27-15-7-4-8-16-27)38(32)28-17-9-5-10-18-28/h4-5,7-10,13-19,22-25,37H,6,11-12,20-21H2,1-3H3. The summed E-state index contributed by atoms with van der Waals surface area (Å²) in [5.41, 5.74) is 4.38. The maximum atomic E-state index is 13.5. The number of unbranched alkanes of at least 4 members (excludes halogenated alkanes) is 2. The Morgan fingerprint density at radius 2 is 1.61 bits per heavy atom. The molecule has 0 unspecified atom stereocenters. The number of rotatable bonds is 13. The number of carbonyl (C=O) groups excluding carboxylic acids is 1. The highest BCUT2D eigenvalue weighted by Gasteiger charge is 2.21. The summed E-state index contributed by atoms with van der Waals surface area (Å²) in [7, 11) is -3.91. The van der Waals surface area contributed by atoms with Crippen molar-refractivity contribution in [2.24, 2.45) is 0 Å². The third-order valence-electron chi connectivity index (χ3n) is 7.00. The zero-order valence-electron chi connectivity index (χ0n) is 25.2. The number of ether oxygens (including phenoxy) is 2. The topological polar surface area (TPSA) is 99.5 Å². The molecule has 4 aromatic carbocycles. The van der Waals surface area contributed by atoms with Gasteiger partial charge in [0.1, 0.15) is 11.6 Å². The Bertz CT molecular complexity index is 1840. The first-order chi connectivity index (χ1) is 21.2. The molecule has 0 aliphatic carbocycles. The molecule has 44 heavy (non-hydrogen) atoms. The van der Waals surface area contributed by atoms with E-state index in [1.165, 1.54) is 0 Å². The smallest absolute Gasteiger partial charge is 0.306 e. The molecule has 0 amide bonds. The van der Waals surface area contributed by atoms with Gasteiger partial charge < -0.3 is 9.47 Å². The largest absolute Gasteiger partial charge is 0.491 e. The lowest BCUT2D eigenvalue weighted by Crippen LogP contribution is -2.14. The minimum Gasteiger partial charge on any atom is -0.491 e. The van der Waals surface area contributed by atoms with E-state index >= 15 is 0 Å². The quantitative estimate of drug-likeness (QED) is 0.108. The number of nitrogens with zero attached hydrogens (tertiary/aromatic N) is 2. The minimum atomic E-state index is -3.91. The first-order valence-corrected chi connectivity index (χ1v) is 16.3. The highest BCUT2D eigenvalue weighted by atomic mass is 32.2. The van der Waals surface area contributed by atoms with E-state index in [1.54, 1.807) is 24.3 Å². The van der Waals surface area contributed by atoms with E-state index < -0.39 is 10.0 Å². The number of para-hydroxylation sites is 1. The molecular formula is C35H37N3O5S. The van der Waals surface area contributed by atoms with Gasteiger partial charge in [-0.05, 0) is 75.9 Å². The predicted molar refractivity (Wildman–Crippen MR) is 174 cm³/mol. The number of aromatic nitrogens is 2. The van der Waals surface area contributed by atoms with Crippen LogP contribution in [0.15, 0.2) is 102 Å². The number of aryl methyl sites for hydroxylation is 1. The summed E-state index contributed by atoms with van der Waals surface area (Å²) >= 11 is 0. The molecule has 8 nitrogen and oxygen atoms in total. The summed E-state index contributed by atoms with van der Waals surface area (Å²) in [6.45, 7) is 5.86. The van der Waals surface area contributed by atoms with Crippen LogP contribution >= 0.6 is 0 Å². The molecule has 0 aliphatic heterocycles. The van der Waals surface area contributed by atoms with E-state index in [0.29, 0.717) is 42.8 Å². The maximum absolute atomic E-state index is 13.5. The fourth-order valence-electron chi connectivity index (χ4n) is 4.96. The molecule has 0 spiro atoms. The molecule has 1 aromatic heterocycles. The molecule has 5 rings (SSSR count). The average molecular weight is 612 g/mol. The monoisotopic (exact) mass is 611 g/mol. The molecule has 0 atom stereocenters. The Hall–Kier alpha value is -4.63. The van der Waals surface area contributed by atoms with Crippen LogP contribution in [0.1, 0.15) is 45.1 Å². The van der Waals surface area contributed by atoms with Gasteiger partial charge in [-0.25, -0.2) is 13.4 Å². The van der Waals surface area contributed by atoms with Crippen molar-refractivity contribution in [3.05, 3.63) is 103 Å². The van der Waals surface area contributed by atoms with Crippen molar-refractivity contribution < 1.29 is 22.7 Å². The number of nitrogens with one attached hydrogen (secondary N) is 1. The Labute approximate surface area is 258 Å². The number of fused-ring (bicyclic) bond motifs is 1. The molecule has 1 heterocycles. The van der Waals surface area contributed by atoms with Crippen molar-refractivity contribution in [3.8, 4) is 22.8 Å². The number of hydrogen-bond donors (Lipinski definition) is 1. The lowest BCUT2D eigenvalue weighted by atomic mass is 10.2. The van der Waals surface area contributed by atoms with Crippen LogP contribution in [-0.4, -0.2) is 36.6 Å². The second-order valence-corrected chi connectivity index (χ2v) is 12.6. The summed E-state index contributed by atoms with van der Waals surface area (Å²) in [5, 5.41) is 0. The summed E-state index contributed by atoms with van der Waals surface area (Å²) in [6.07, 6.45) is 2.35. The highest BCUT2D eigenvalue weighted by Crippen LogP contribution is 2.36. The average Bonchev–Trinajstić information content (AvgIpc) is 3.37. The Morgan fingerprint density at radius 1 is 0.886 bits per heavy atom. The number of hydrogen-bond acceptors (Lipinski definition) is 6. The van der Waals surface area contributed by atoms with Gasteiger partial charge in [-0.1, -0.05) is 60.7 Å². The van der Waals surface area contributed by atoms with Gasteiger partial charge in [-0.3, -0.25) is 14.1 Å². The maximum Gasteiger partial charge on any atom is 0.306 e. The normalized spacial score (nSPS) is 11.5. The van der Waals surface area contributed by atoms with Gasteiger partial charge in [0.2, 0.25) is 0 Å². The third kappa shape index (κ3) is 7.47. The molecule has 0 fully saturated rings. The predicted octanol–water partition coefficient (Wildman–Crippen LogP) is 7.69. The van der Waals surface area contributed by atoms with Crippen LogP contribution in [0.5, 0.6) is 5.75 Å². The zero-order chi connectivity index (χ0) is 31.1. The van der Waals surface area contributed by atoms with Crippen molar-refractivity contribution in [3.63, 3.8) is 0 Å². The summed E-state index contributed by atoms with van der Waals surface area (Å²) < 4.78 is 43.2. The second-order valence-electron chi connectivity index (χ2n) is 10.9. The molecule has 0 saturated carbocycles. The van der Waals surface area contributed by atoms with Crippen molar-refractivity contribution >= 4 is 32.7 Å². The molecule has 1 N–H and O–H groups in total. The summed E-state index contributed by atoms with van der Waals surface area (Å²) in [6, 6.07) is 30.1. The van der Waals surface area contributed by atoms with E-state index in [1.807, 2.05) is 93.6 Å². The van der Waals surface area contributed by atoms with Gasteiger partial charge in [-0.2, -0.15) is 0 Å². The van der Waals surface area contributed by atoms with Crippen LogP contribution in [-0.2, 0) is 19.6 Å². The van der Waals surface area contributed by atoms with Gasteiger partial charge >= 0.3 is 5.97 Å². The molecule has 9 heteroatoms. The molecule has 0 radical (unpaired) electrons.